The molecule has 0 saturated carbocycles. The van der Waals surface area contributed by atoms with Gasteiger partial charge < -0.3 is 5.73 Å². The molecule has 0 spiro atoms. The highest BCUT2D eigenvalue weighted by molar-refractivity contribution is 7.89. The maximum Gasteiger partial charge on any atom is 0.243 e. The Morgan fingerprint density at radius 1 is 1.05 bits per heavy atom. The van der Waals surface area contributed by atoms with Crippen LogP contribution in [0, 0.1) is 6.92 Å². The van der Waals surface area contributed by atoms with Gasteiger partial charge in [0.15, 0.2) is 0 Å². The van der Waals surface area contributed by atoms with Crippen LogP contribution in [0.1, 0.15) is 16.7 Å². The first kappa shape index (κ1) is 15.7. The maximum absolute atomic E-state index is 12.5. The fourth-order valence-electron chi connectivity index (χ4n) is 2.13. The molecule has 0 aliphatic rings. The minimum absolute atomic E-state index is 0.287. The van der Waals surface area contributed by atoms with Gasteiger partial charge in [-0.2, -0.15) is 4.31 Å². The third kappa shape index (κ3) is 3.69. The highest BCUT2D eigenvalue weighted by Crippen LogP contribution is 2.17. The summed E-state index contributed by atoms with van der Waals surface area (Å²) < 4.78 is 26.4. The van der Waals surface area contributed by atoms with E-state index in [4.69, 9.17) is 5.73 Å². The molecule has 2 aromatic rings. The van der Waals surface area contributed by atoms with Crippen molar-refractivity contribution in [3.05, 3.63) is 65.2 Å². The van der Waals surface area contributed by atoms with Crippen molar-refractivity contribution in [2.75, 3.05) is 7.05 Å². The van der Waals surface area contributed by atoms with E-state index in [9.17, 15) is 8.42 Å². The number of aryl methyl sites for hydroxylation is 1. The van der Waals surface area contributed by atoms with Gasteiger partial charge in [0.25, 0.3) is 0 Å². The third-order valence-corrected chi connectivity index (χ3v) is 5.17. The standard InChI is InChI=1S/C16H20N2O2S/c1-13-4-3-5-15(10-13)12-18(2)21(19,20)16-8-6-14(11-17)7-9-16/h3-10H,11-12,17H2,1-2H3. The van der Waals surface area contributed by atoms with Gasteiger partial charge in [-0.25, -0.2) is 8.42 Å². The fourth-order valence-corrected chi connectivity index (χ4v) is 3.29. The molecule has 0 bridgehead atoms. The monoisotopic (exact) mass is 304 g/mol. The Labute approximate surface area is 126 Å². The molecule has 0 atom stereocenters. The summed E-state index contributed by atoms with van der Waals surface area (Å²) in [5.74, 6) is 0. The van der Waals surface area contributed by atoms with Crippen LogP contribution in [0.15, 0.2) is 53.4 Å². The van der Waals surface area contributed by atoms with Gasteiger partial charge in [0.05, 0.1) is 4.90 Å². The molecular weight excluding hydrogens is 284 g/mol. The van der Waals surface area contributed by atoms with Gasteiger partial charge in [-0.15, -0.1) is 0 Å². The molecular formula is C16H20N2O2S. The molecule has 0 unspecified atom stereocenters. The van der Waals surface area contributed by atoms with Crippen molar-refractivity contribution in [2.45, 2.75) is 24.9 Å². The molecule has 0 saturated heterocycles. The summed E-state index contributed by atoms with van der Waals surface area (Å²) in [5, 5.41) is 0. The second kappa shape index (κ2) is 6.39. The summed E-state index contributed by atoms with van der Waals surface area (Å²) >= 11 is 0. The number of sulfonamides is 1. The van der Waals surface area contributed by atoms with Gasteiger partial charge in [-0.3, -0.25) is 0 Å². The minimum Gasteiger partial charge on any atom is -0.326 e. The molecule has 112 valence electrons. The predicted molar refractivity (Wildman–Crippen MR) is 84.2 cm³/mol. The Balaban J connectivity index is 2.21. The van der Waals surface area contributed by atoms with Gasteiger partial charge in [-0.1, -0.05) is 42.0 Å². The molecule has 0 aromatic heterocycles. The van der Waals surface area contributed by atoms with Crippen LogP contribution in [-0.2, 0) is 23.1 Å². The third-order valence-electron chi connectivity index (χ3n) is 3.35. The molecule has 0 fully saturated rings. The van der Waals surface area contributed by atoms with Gasteiger partial charge in [0.1, 0.15) is 0 Å². The summed E-state index contributed by atoms with van der Waals surface area (Å²) in [7, 11) is -1.89. The van der Waals surface area contributed by atoms with Crippen molar-refractivity contribution in [3.63, 3.8) is 0 Å². The van der Waals surface area contributed by atoms with Crippen molar-refractivity contribution in [1.82, 2.24) is 4.31 Å². The van der Waals surface area contributed by atoms with Crippen molar-refractivity contribution in [2.24, 2.45) is 5.73 Å². The first-order valence-electron chi connectivity index (χ1n) is 6.74. The maximum atomic E-state index is 12.5. The Hall–Kier alpha value is -1.69. The quantitative estimate of drug-likeness (QED) is 0.921. The lowest BCUT2D eigenvalue weighted by molar-refractivity contribution is 0.466. The topological polar surface area (TPSA) is 63.4 Å². The number of hydrogen-bond acceptors (Lipinski definition) is 3. The SMILES string of the molecule is Cc1cccc(CN(C)S(=O)(=O)c2ccc(CN)cc2)c1. The van der Waals surface area contributed by atoms with Crippen molar-refractivity contribution in [1.29, 1.82) is 0 Å². The largest absolute Gasteiger partial charge is 0.326 e. The lowest BCUT2D eigenvalue weighted by Crippen LogP contribution is -2.26. The first-order chi connectivity index (χ1) is 9.93. The average molecular weight is 304 g/mol. The van der Waals surface area contributed by atoms with Gasteiger partial charge in [0.2, 0.25) is 10.0 Å². The summed E-state index contributed by atoms with van der Waals surface area (Å²) in [6, 6.07) is 14.5. The minimum atomic E-state index is -3.48. The number of nitrogens with two attached hydrogens (primary N) is 1. The zero-order valence-electron chi connectivity index (χ0n) is 12.3. The van der Waals surface area contributed by atoms with Crippen LogP contribution in [0.3, 0.4) is 0 Å². The first-order valence-corrected chi connectivity index (χ1v) is 8.18. The summed E-state index contributed by atoms with van der Waals surface area (Å²) in [4.78, 5) is 0.287. The van der Waals surface area contributed by atoms with E-state index in [0.717, 1.165) is 16.7 Å². The van der Waals surface area contributed by atoms with E-state index in [1.165, 1.54) is 4.31 Å². The molecule has 2 aromatic carbocycles. The average Bonchev–Trinajstić information content (AvgIpc) is 2.47. The summed E-state index contributed by atoms with van der Waals surface area (Å²) in [6.07, 6.45) is 0. The zero-order valence-corrected chi connectivity index (χ0v) is 13.1. The van der Waals surface area contributed by atoms with E-state index in [-0.39, 0.29) is 4.90 Å². The Kier molecular flexibility index (Phi) is 4.77. The van der Waals surface area contributed by atoms with E-state index >= 15 is 0 Å². The van der Waals surface area contributed by atoms with E-state index in [2.05, 4.69) is 0 Å². The van der Waals surface area contributed by atoms with Crippen LogP contribution in [0.5, 0.6) is 0 Å². The Morgan fingerprint density at radius 3 is 2.29 bits per heavy atom. The smallest absolute Gasteiger partial charge is 0.243 e. The van der Waals surface area contributed by atoms with Crippen LogP contribution in [0.25, 0.3) is 0 Å². The molecule has 0 amide bonds. The van der Waals surface area contributed by atoms with Crippen LogP contribution in [-0.4, -0.2) is 19.8 Å². The van der Waals surface area contributed by atoms with Gasteiger partial charge >= 0.3 is 0 Å². The van der Waals surface area contributed by atoms with Gasteiger partial charge in [0, 0.05) is 20.1 Å². The van der Waals surface area contributed by atoms with Crippen molar-refractivity contribution < 1.29 is 8.42 Å². The van der Waals surface area contributed by atoms with E-state index in [1.54, 1.807) is 31.3 Å². The highest BCUT2D eigenvalue weighted by Gasteiger charge is 2.20. The number of hydrogen-bond donors (Lipinski definition) is 1. The summed E-state index contributed by atoms with van der Waals surface area (Å²) in [6.45, 7) is 2.74. The molecule has 0 heterocycles. The second-order valence-corrected chi connectivity index (χ2v) is 7.14. The Bertz CT molecular complexity index is 709. The molecule has 21 heavy (non-hydrogen) atoms. The molecule has 5 heteroatoms. The second-order valence-electron chi connectivity index (χ2n) is 5.10. The lowest BCUT2D eigenvalue weighted by atomic mass is 10.1. The van der Waals surface area contributed by atoms with E-state index in [0.29, 0.717) is 13.1 Å². The fraction of sp³-hybridized carbons (Fsp3) is 0.250. The van der Waals surface area contributed by atoms with Crippen molar-refractivity contribution in [3.8, 4) is 0 Å². The van der Waals surface area contributed by atoms with Crippen LogP contribution in [0.4, 0.5) is 0 Å². The number of nitrogens with zero attached hydrogens (tertiary/aromatic N) is 1. The van der Waals surface area contributed by atoms with Crippen LogP contribution >= 0.6 is 0 Å². The van der Waals surface area contributed by atoms with E-state index < -0.39 is 10.0 Å². The van der Waals surface area contributed by atoms with Gasteiger partial charge in [-0.05, 0) is 30.2 Å². The lowest BCUT2D eigenvalue weighted by Gasteiger charge is -2.17. The predicted octanol–water partition coefficient (Wildman–Crippen LogP) is 2.27. The number of rotatable bonds is 5. The molecule has 4 nitrogen and oxygen atoms in total. The van der Waals surface area contributed by atoms with Crippen molar-refractivity contribution >= 4 is 10.0 Å². The molecule has 0 aliphatic carbocycles. The van der Waals surface area contributed by atoms with E-state index in [1.807, 2.05) is 31.2 Å². The highest BCUT2D eigenvalue weighted by atomic mass is 32.2. The molecule has 0 radical (unpaired) electrons. The molecule has 0 aliphatic heterocycles. The number of benzene rings is 2. The normalized spacial score (nSPS) is 11.8. The van der Waals surface area contributed by atoms with Crippen LogP contribution < -0.4 is 5.73 Å². The summed E-state index contributed by atoms with van der Waals surface area (Å²) in [5.41, 5.74) is 8.53. The Morgan fingerprint density at radius 2 is 1.71 bits per heavy atom. The zero-order chi connectivity index (χ0) is 15.5. The van der Waals surface area contributed by atoms with Crippen LogP contribution in [0.2, 0.25) is 0 Å². The molecule has 2 rings (SSSR count). The molecule has 2 N–H and O–H groups in total.